The molecule has 0 aromatic carbocycles. The van der Waals surface area contributed by atoms with Gasteiger partial charge >= 0.3 is 109 Å². The first kappa shape index (κ1) is 32.8. The number of carbonyl (C=O) groups excluding carboxylic acids is 2. The molecular weight excluding hydrogens is 414 g/mol. The monoisotopic (exact) mass is 442 g/mol. The van der Waals surface area contributed by atoms with Gasteiger partial charge in [-0.3, -0.25) is 4.79 Å². The van der Waals surface area contributed by atoms with E-state index < -0.39 is 33.9 Å². The van der Waals surface area contributed by atoms with Gasteiger partial charge in [0.25, 0.3) is 0 Å². The number of esters is 1. The van der Waals surface area contributed by atoms with Crippen LogP contribution in [0.2, 0.25) is 0 Å². The molecule has 0 spiro atoms. The van der Waals surface area contributed by atoms with Crippen LogP contribution in [0.5, 0.6) is 0 Å². The zero-order chi connectivity index (χ0) is 18.4. The van der Waals surface area contributed by atoms with Gasteiger partial charge in [-0.15, -0.1) is 0 Å². The van der Waals surface area contributed by atoms with Crippen molar-refractivity contribution in [2.24, 2.45) is 0 Å². The molecule has 0 rings (SSSR count). The number of aliphatic carboxylic acids is 1. The van der Waals surface area contributed by atoms with Crippen LogP contribution in [0.3, 0.4) is 0 Å². The van der Waals surface area contributed by atoms with E-state index in [-0.39, 0.29) is 109 Å². The van der Waals surface area contributed by atoms with Crippen LogP contribution in [-0.2, 0) is 24.4 Å². The van der Waals surface area contributed by atoms with Gasteiger partial charge in [-0.2, -0.15) is 0 Å². The molecule has 0 bridgehead atoms. The van der Waals surface area contributed by atoms with Crippen molar-refractivity contribution in [2.45, 2.75) is 89.4 Å². The molecule has 142 valence electrons. The van der Waals surface area contributed by atoms with Crippen LogP contribution >= 0.6 is 0 Å². The summed E-state index contributed by atoms with van der Waals surface area (Å²) in [7, 11) is -5.02. The molecule has 0 fully saturated rings. The van der Waals surface area contributed by atoms with Crippen molar-refractivity contribution in [2.75, 3.05) is 0 Å². The van der Waals surface area contributed by atoms with E-state index in [9.17, 15) is 27.7 Å². The van der Waals surface area contributed by atoms with E-state index in [2.05, 4.69) is 11.7 Å². The number of carboxylic acid groups (broad SMARTS) is 1. The fourth-order valence-corrected chi connectivity index (χ4v) is 2.87. The number of unbranched alkanes of at least 4 members (excludes halogenated alkanes) is 9. The Bertz CT molecular complexity index is 469. The van der Waals surface area contributed by atoms with E-state index in [4.69, 9.17) is 0 Å². The van der Waals surface area contributed by atoms with Crippen molar-refractivity contribution in [1.82, 2.24) is 0 Å². The average molecular weight is 443 g/mol. The first-order valence-corrected chi connectivity index (χ1v) is 10.1. The Hall–Kier alpha value is 2.12. The summed E-state index contributed by atoms with van der Waals surface area (Å²) < 4.78 is 36.9. The molecule has 26 heavy (non-hydrogen) atoms. The molecule has 7 nitrogen and oxygen atoms in total. The van der Waals surface area contributed by atoms with E-state index in [1.165, 1.54) is 32.1 Å². The second-order valence-corrected chi connectivity index (χ2v) is 7.43. The summed E-state index contributed by atoms with van der Waals surface area (Å²) in [6.45, 7) is 2.18. The topological polar surface area (TPSA) is 124 Å². The Kier molecular flexibility index (Phi) is 25.7. The van der Waals surface area contributed by atoms with Crippen LogP contribution in [-0.4, -0.2) is 30.3 Å². The van der Waals surface area contributed by atoms with Crippen LogP contribution in [0, 0.1) is 0 Å². The third-order valence-electron chi connectivity index (χ3n) is 3.65. The molecule has 0 saturated heterocycles. The summed E-state index contributed by atoms with van der Waals surface area (Å²) in [5, 5.41) is 10.4. The van der Waals surface area contributed by atoms with Gasteiger partial charge in [-0.05, 0) is 6.42 Å². The Morgan fingerprint density at radius 2 is 1.31 bits per heavy atom. The van der Waals surface area contributed by atoms with Gasteiger partial charge < -0.3 is 19.2 Å². The minimum Gasteiger partial charge on any atom is -0.745 e. The largest absolute Gasteiger partial charge is 1.00 e. The van der Waals surface area contributed by atoms with E-state index in [1.54, 1.807) is 0 Å². The van der Waals surface area contributed by atoms with Crippen LogP contribution in [0.4, 0.5) is 0 Å². The summed E-state index contributed by atoms with van der Waals surface area (Å²) in [5.74, 6) is -2.63. The van der Waals surface area contributed by atoms with Gasteiger partial charge in [0.05, 0.1) is 0 Å². The Morgan fingerprint density at radius 1 is 0.885 bits per heavy atom. The third-order valence-corrected chi connectivity index (χ3v) is 4.56. The molecule has 0 aliphatic carbocycles. The summed E-state index contributed by atoms with van der Waals surface area (Å²) in [6.07, 6.45) is 9.63. The predicted molar refractivity (Wildman–Crippen MR) is 85.7 cm³/mol. The van der Waals surface area contributed by atoms with E-state index in [0.717, 1.165) is 25.7 Å². The fraction of sp³-hybridized carbons (Fsp3) is 0.875. The summed E-state index contributed by atoms with van der Waals surface area (Å²) in [4.78, 5) is 21.9. The third kappa shape index (κ3) is 20.8. The van der Waals surface area contributed by atoms with Gasteiger partial charge in [0, 0.05) is 18.8 Å². The van der Waals surface area contributed by atoms with Crippen molar-refractivity contribution in [3.05, 3.63) is 0 Å². The standard InChI is InChI=1S/C16H30O7S.2K/c1-2-3-4-5-6-7-8-9-10-11-12-15(19)23-16(13-14(17)18)24(20,21)22;;/h16H,2-13H2,1H3,(H,17,18)(H,20,21,22);;/q;2*+1/p-2. The van der Waals surface area contributed by atoms with Crippen LogP contribution in [0.25, 0.3) is 0 Å². The fourth-order valence-electron chi connectivity index (χ4n) is 2.30. The molecule has 1 unspecified atom stereocenters. The number of ether oxygens (including phenoxy) is 1. The van der Waals surface area contributed by atoms with Crippen LogP contribution in [0.1, 0.15) is 84.0 Å². The minimum atomic E-state index is -5.02. The number of hydrogen-bond donors (Lipinski definition) is 0. The van der Waals surface area contributed by atoms with Crippen LogP contribution in [0.15, 0.2) is 0 Å². The maximum Gasteiger partial charge on any atom is 1.00 e. The zero-order valence-electron chi connectivity index (χ0n) is 16.3. The molecule has 10 heteroatoms. The molecule has 0 heterocycles. The summed E-state index contributed by atoms with van der Waals surface area (Å²) >= 11 is 0. The average Bonchev–Trinajstić information content (AvgIpc) is 2.47. The Morgan fingerprint density at radius 3 is 1.69 bits per heavy atom. The van der Waals surface area contributed by atoms with E-state index in [0.29, 0.717) is 6.42 Å². The molecule has 0 amide bonds. The van der Waals surface area contributed by atoms with Gasteiger partial charge in [0.1, 0.15) is 10.1 Å². The van der Waals surface area contributed by atoms with Gasteiger partial charge in [-0.25, -0.2) is 8.42 Å². The van der Waals surface area contributed by atoms with E-state index >= 15 is 0 Å². The number of hydrogen-bond acceptors (Lipinski definition) is 7. The Balaban J connectivity index is -0.00000264. The quantitative estimate of drug-likeness (QED) is 0.109. The zero-order valence-corrected chi connectivity index (χ0v) is 23.4. The number of carboxylic acids is 1. The SMILES string of the molecule is CCCCCCCCCCCCC(=O)OC(CC(=O)[O-])S(=O)(=O)[O-].[K+].[K+]. The van der Waals surface area contributed by atoms with Gasteiger partial charge in [-0.1, -0.05) is 64.7 Å². The molecule has 0 aromatic heterocycles. The van der Waals surface area contributed by atoms with Crippen molar-refractivity contribution in [3.8, 4) is 0 Å². The molecular formula is C16H28K2O7S. The smallest absolute Gasteiger partial charge is 0.745 e. The maximum absolute atomic E-state index is 11.5. The van der Waals surface area contributed by atoms with Crippen molar-refractivity contribution in [3.63, 3.8) is 0 Å². The molecule has 0 N–H and O–H groups in total. The van der Waals surface area contributed by atoms with Crippen molar-refractivity contribution < 1.29 is 135 Å². The summed E-state index contributed by atoms with van der Waals surface area (Å²) in [6, 6.07) is 0. The molecule has 0 aliphatic heterocycles. The summed E-state index contributed by atoms with van der Waals surface area (Å²) in [5.41, 5.74) is -2.21. The second-order valence-electron chi connectivity index (χ2n) is 5.92. The Labute approximate surface area is 242 Å². The second kappa shape index (κ2) is 20.4. The van der Waals surface area contributed by atoms with Crippen molar-refractivity contribution >= 4 is 22.1 Å². The molecule has 0 aromatic rings. The minimum absolute atomic E-state index is 0. The van der Waals surface area contributed by atoms with Gasteiger partial charge in [0.15, 0.2) is 5.44 Å². The number of rotatable bonds is 15. The first-order chi connectivity index (χ1) is 11.3. The van der Waals surface area contributed by atoms with E-state index in [1.807, 2.05) is 0 Å². The molecule has 0 saturated carbocycles. The van der Waals surface area contributed by atoms with Gasteiger partial charge in [0.2, 0.25) is 0 Å². The van der Waals surface area contributed by atoms with Crippen molar-refractivity contribution in [1.29, 1.82) is 0 Å². The molecule has 0 aliphatic rings. The normalized spacial score (nSPS) is 11.8. The maximum atomic E-state index is 11.5. The molecule has 1 atom stereocenters. The number of carbonyl (C=O) groups is 2. The van der Waals surface area contributed by atoms with Crippen LogP contribution < -0.4 is 108 Å². The molecule has 0 radical (unpaired) electrons. The predicted octanol–water partition coefficient (Wildman–Crippen LogP) is -4.14. The first-order valence-electron chi connectivity index (χ1n) is 8.61.